The van der Waals surface area contributed by atoms with E-state index in [-0.39, 0.29) is 46.3 Å². The Kier molecular flexibility index (Phi) is 5.16. The molecule has 4 aliphatic carbocycles. The van der Waals surface area contributed by atoms with Gasteiger partial charge in [0.05, 0.1) is 17.0 Å². The Morgan fingerprint density at radius 1 is 1.30 bits per heavy atom. The van der Waals surface area contributed by atoms with Crippen LogP contribution in [0.5, 0.6) is 0 Å². The molecule has 2 heterocycles. The third-order valence-electron chi connectivity index (χ3n) is 9.87. The molecule has 37 heavy (non-hydrogen) atoms. The minimum Gasteiger partial charge on any atom is -0.450 e. The van der Waals surface area contributed by atoms with Crippen molar-refractivity contribution in [2.45, 2.75) is 71.6 Å². The fourth-order valence-corrected chi connectivity index (χ4v) is 8.32. The quantitative estimate of drug-likeness (QED) is 0.457. The molecule has 200 valence electrons. The summed E-state index contributed by atoms with van der Waals surface area (Å²) in [6.07, 6.45) is 4.12. The van der Waals surface area contributed by atoms with Gasteiger partial charge in [-0.1, -0.05) is 44.5 Å². The molecule has 1 saturated heterocycles. The first-order valence-corrected chi connectivity index (χ1v) is 13.4. The fourth-order valence-electron chi connectivity index (χ4n) is 8.06. The summed E-state index contributed by atoms with van der Waals surface area (Å²) in [4.78, 5) is 28.0. The average Bonchev–Trinajstić information content (AvgIpc) is 3.08. The molecule has 1 aliphatic heterocycles. The number of aromatic nitrogens is 2. The number of aliphatic hydroxyl groups is 1. The van der Waals surface area contributed by atoms with Crippen molar-refractivity contribution in [2.24, 2.45) is 41.5 Å². The number of esters is 1. The topological polar surface area (TPSA) is 99.9 Å². The molecule has 3 fully saturated rings. The number of hydrogen-bond acceptors (Lipinski definition) is 7. The number of aryl methyl sites for hydroxylation is 1. The Bertz CT molecular complexity index is 1280. The molecule has 8 nitrogen and oxygen atoms in total. The predicted octanol–water partition coefficient (Wildman–Crippen LogP) is 3.87. The lowest BCUT2D eigenvalue weighted by molar-refractivity contribution is -0.302. The van der Waals surface area contributed by atoms with Crippen molar-refractivity contribution >= 4 is 23.4 Å². The summed E-state index contributed by atoms with van der Waals surface area (Å²) in [6.45, 7) is 12.1. The molecule has 9 heteroatoms. The molecule has 0 amide bonds. The smallest absolute Gasteiger partial charge is 0.361 e. The lowest BCUT2D eigenvalue weighted by Gasteiger charge is -2.52. The van der Waals surface area contributed by atoms with Crippen LogP contribution in [-0.2, 0) is 26.1 Å². The number of hydrogen-bond donors (Lipinski definition) is 1. The molecule has 6 rings (SSSR count). The van der Waals surface area contributed by atoms with Gasteiger partial charge in [-0.05, 0) is 61.5 Å². The highest BCUT2D eigenvalue weighted by Gasteiger charge is 2.77. The van der Waals surface area contributed by atoms with E-state index in [0.717, 1.165) is 12.0 Å². The average molecular weight is 531 g/mol. The number of nitrogens with zero attached hydrogens (tertiary/aromatic N) is 2. The highest BCUT2D eigenvalue weighted by atomic mass is 35.5. The van der Waals surface area contributed by atoms with E-state index in [9.17, 15) is 14.7 Å². The number of halogens is 1. The summed E-state index contributed by atoms with van der Waals surface area (Å²) in [6, 6.07) is 0. The van der Waals surface area contributed by atoms with Gasteiger partial charge in [-0.3, -0.25) is 9.48 Å². The SMILES string of the molecule is CC1=C[C@]23C(=O)[C@@H](C=C4COC(C)(C)O[C@H]4[C@]2(O)[C@H]1OC(=O)c1nn(C)cc1Cl)[C@H]1[C@@H](C[C@H]3C)C1(C)C. The molecule has 0 radical (unpaired) electrons. The highest BCUT2D eigenvalue weighted by Crippen LogP contribution is 2.72. The predicted molar refractivity (Wildman–Crippen MR) is 135 cm³/mol. The zero-order valence-corrected chi connectivity index (χ0v) is 23.1. The van der Waals surface area contributed by atoms with Crippen LogP contribution in [0.25, 0.3) is 0 Å². The molecule has 0 aromatic carbocycles. The summed E-state index contributed by atoms with van der Waals surface area (Å²) < 4.78 is 19.9. The number of Topliss-reactive ketones (excluding diaryl/α,β-unsaturated/α-hetero) is 1. The van der Waals surface area contributed by atoms with Gasteiger partial charge in [-0.25, -0.2) is 4.79 Å². The van der Waals surface area contributed by atoms with Gasteiger partial charge in [0, 0.05) is 19.2 Å². The van der Waals surface area contributed by atoms with Crippen molar-refractivity contribution in [2.75, 3.05) is 6.61 Å². The summed E-state index contributed by atoms with van der Waals surface area (Å²) in [7, 11) is 1.66. The second kappa shape index (κ2) is 7.56. The van der Waals surface area contributed by atoms with Crippen LogP contribution in [-0.4, -0.2) is 56.8 Å². The zero-order valence-electron chi connectivity index (χ0n) is 22.4. The van der Waals surface area contributed by atoms with E-state index in [4.69, 9.17) is 25.8 Å². The number of carbonyl (C=O) groups is 2. The van der Waals surface area contributed by atoms with Gasteiger partial charge in [0.1, 0.15) is 6.10 Å². The van der Waals surface area contributed by atoms with Gasteiger partial charge >= 0.3 is 5.97 Å². The first-order chi connectivity index (χ1) is 17.1. The Hall–Kier alpha value is -2.00. The monoisotopic (exact) mass is 530 g/mol. The van der Waals surface area contributed by atoms with Gasteiger partial charge in [-0.15, -0.1) is 0 Å². The Balaban J connectivity index is 1.52. The largest absolute Gasteiger partial charge is 0.450 e. The Morgan fingerprint density at radius 3 is 2.65 bits per heavy atom. The molecule has 1 N–H and O–H groups in total. The maximum absolute atomic E-state index is 14.7. The van der Waals surface area contributed by atoms with Gasteiger partial charge in [0.15, 0.2) is 29.0 Å². The van der Waals surface area contributed by atoms with Crippen LogP contribution < -0.4 is 0 Å². The van der Waals surface area contributed by atoms with Crippen LogP contribution >= 0.6 is 11.6 Å². The van der Waals surface area contributed by atoms with Crippen molar-refractivity contribution in [3.63, 3.8) is 0 Å². The number of ketones is 1. The normalized spacial score (nSPS) is 42.9. The van der Waals surface area contributed by atoms with Crippen molar-refractivity contribution in [3.05, 3.63) is 40.2 Å². The number of ether oxygens (including phenoxy) is 3. The van der Waals surface area contributed by atoms with Crippen LogP contribution in [0.2, 0.25) is 5.02 Å². The van der Waals surface area contributed by atoms with E-state index in [0.29, 0.717) is 11.5 Å². The highest BCUT2D eigenvalue weighted by molar-refractivity contribution is 6.33. The minimum atomic E-state index is -1.87. The van der Waals surface area contributed by atoms with E-state index in [1.54, 1.807) is 27.8 Å². The van der Waals surface area contributed by atoms with Crippen molar-refractivity contribution in [3.8, 4) is 0 Å². The number of rotatable bonds is 2. The molecule has 1 aromatic heterocycles. The van der Waals surface area contributed by atoms with Crippen LogP contribution in [0.1, 0.15) is 58.5 Å². The Labute approximate surface area is 222 Å². The second-order valence-corrected chi connectivity index (χ2v) is 13.2. The molecular formula is C28H35ClN2O6. The van der Waals surface area contributed by atoms with Gasteiger partial charge < -0.3 is 19.3 Å². The molecule has 8 atom stereocenters. The lowest BCUT2D eigenvalue weighted by atomic mass is 9.59. The third-order valence-corrected chi connectivity index (χ3v) is 10.1. The molecule has 5 aliphatic rings. The van der Waals surface area contributed by atoms with Gasteiger partial charge in [0.2, 0.25) is 0 Å². The molecule has 2 saturated carbocycles. The molecule has 2 bridgehead atoms. The third kappa shape index (κ3) is 3.16. The fraction of sp³-hybridized carbons (Fsp3) is 0.679. The van der Waals surface area contributed by atoms with E-state index in [1.807, 2.05) is 19.1 Å². The van der Waals surface area contributed by atoms with E-state index in [2.05, 4.69) is 18.9 Å². The molecule has 1 aromatic rings. The Morgan fingerprint density at radius 2 is 2.00 bits per heavy atom. The van der Waals surface area contributed by atoms with Crippen molar-refractivity contribution in [1.29, 1.82) is 0 Å². The van der Waals surface area contributed by atoms with E-state index >= 15 is 0 Å². The van der Waals surface area contributed by atoms with Crippen LogP contribution in [0, 0.1) is 34.5 Å². The number of fused-ring (bicyclic) bond motifs is 5. The minimum absolute atomic E-state index is 0.0276. The summed E-state index contributed by atoms with van der Waals surface area (Å²) in [5.41, 5.74) is -1.84. The summed E-state index contributed by atoms with van der Waals surface area (Å²) in [5, 5.41) is 17.3. The first kappa shape index (κ1) is 25.3. The number of allylic oxidation sites excluding steroid dienone is 1. The van der Waals surface area contributed by atoms with Gasteiger partial charge in [0.25, 0.3) is 0 Å². The standard InChI is InChI=1S/C28H35ClN2O6/c1-13-10-27-14(2)8-17-19(25(17,3)4)16(21(27)32)9-15-12-35-26(5,6)37-23(15)28(27,34)22(13)36-24(33)20-18(29)11-31(7)30-20/h9-11,14,16-17,19,22-23,34H,8,12H2,1-7H3/t14-,16+,17-,19+,22+,23-,27+,28-/m1/s1. The first-order valence-electron chi connectivity index (χ1n) is 13.0. The second-order valence-electron chi connectivity index (χ2n) is 12.8. The zero-order chi connectivity index (χ0) is 26.9. The lowest BCUT2D eigenvalue weighted by Crippen LogP contribution is -2.68. The van der Waals surface area contributed by atoms with Crippen molar-refractivity contribution < 1.29 is 28.9 Å². The maximum Gasteiger partial charge on any atom is 0.361 e. The van der Waals surface area contributed by atoms with Crippen LogP contribution in [0.15, 0.2) is 29.5 Å². The maximum atomic E-state index is 14.7. The van der Waals surface area contributed by atoms with Crippen LogP contribution in [0.3, 0.4) is 0 Å². The van der Waals surface area contributed by atoms with Gasteiger partial charge in [-0.2, -0.15) is 5.10 Å². The summed E-state index contributed by atoms with van der Waals surface area (Å²) >= 11 is 6.24. The van der Waals surface area contributed by atoms with Crippen molar-refractivity contribution in [1.82, 2.24) is 9.78 Å². The summed E-state index contributed by atoms with van der Waals surface area (Å²) in [5.74, 6) is -1.84. The van der Waals surface area contributed by atoms with E-state index in [1.165, 1.54) is 10.9 Å². The molecule has 0 unspecified atom stereocenters. The van der Waals surface area contributed by atoms with E-state index < -0.39 is 35.0 Å². The number of carbonyl (C=O) groups excluding carboxylic acids is 2. The molecular weight excluding hydrogens is 496 g/mol. The molecule has 1 spiro atoms. The van der Waals surface area contributed by atoms with Crippen LogP contribution in [0.4, 0.5) is 0 Å².